The number of halogens is 1. The Bertz CT molecular complexity index is 1450. The first kappa shape index (κ1) is 20.6. The van der Waals surface area contributed by atoms with E-state index >= 15 is 0 Å². The standard InChI is InChI=1S/C24H22ClN3O4/c1-26-20-18(23(29)27(2)24(26)30)19(14-6-10-17(31-3)11-7-14)28-12-13-32-22(21(20)28)15-4-8-16(25)9-5-15/h4-11,22H,12-13H2,1-3H3/t22-/m0/s1. The van der Waals surface area contributed by atoms with E-state index in [0.717, 1.165) is 32.8 Å². The van der Waals surface area contributed by atoms with Gasteiger partial charge in [-0.25, -0.2) is 4.79 Å². The van der Waals surface area contributed by atoms with Crippen LogP contribution in [-0.4, -0.2) is 27.4 Å². The maximum atomic E-state index is 13.4. The van der Waals surface area contributed by atoms with Crippen LogP contribution in [0.3, 0.4) is 0 Å². The minimum absolute atomic E-state index is 0.328. The topological polar surface area (TPSA) is 67.4 Å². The number of benzene rings is 2. The van der Waals surface area contributed by atoms with Crippen LogP contribution in [0.15, 0.2) is 58.1 Å². The van der Waals surface area contributed by atoms with Crippen molar-refractivity contribution >= 4 is 22.5 Å². The number of hydrogen-bond acceptors (Lipinski definition) is 4. The summed E-state index contributed by atoms with van der Waals surface area (Å²) >= 11 is 6.09. The number of methoxy groups -OCH3 is 1. The molecule has 3 heterocycles. The summed E-state index contributed by atoms with van der Waals surface area (Å²) in [6.07, 6.45) is -0.437. The molecule has 0 fully saturated rings. The molecule has 0 bridgehead atoms. The highest BCUT2D eigenvalue weighted by molar-refractivity contribution is 6.30. The molecule has 0 radical (unpaired) electrons. The van der Waals surface area contributed by atoms with Gasteiger partial charge in [-0.2, -0.15) is 0 Å². The summed E-state index contributed by atoms with van der Waals surface area (Å²) in [5, 5.41) is 1.13. The molecule has 7 nitrogen and oxygen atoms in total. The van der Waals surface area contributed by atoms with Crippen molar-refractivity contribution < 1.29 is 9.47 Å². The number of hydrogen-bond donors (Lipinski definition) is 0. The minimum atomic E-state index is -0.437. The molecular weight excluding hydrogens is 430 g/mol. The molecule has 0 saturated carbocycles. The average Bonchev–Trinajstić information content (AvgIpc) is 3.17. The molecule has 164 valence electrons. The Morgan fingerprint density at radius 3 is 2.34 bits per heavy atom. The first-order valence-corrected chi connectivity index (χ1v) is 10.6. The van der Waals surface area contributed by atoms with E-state index in [1.807, 2.05) is 48.5 Å². The highest BCUT2D eigenvalue weighted by atomic mass is 35.5. The Morgan fingerprint density at radius 2 is 1.69 bits per heavy atom. The van der Waals surface area contributed by atoms with Gasteiger partial charge in [-0.05, 0) is 47.5 Å². The molecule has 0 spiro atoms. The molecule has 0 saturated heterocycles. The Kier molecular flexibility index (Phi) is 4.95. The van der Waals surface area contributed by atoms with E-state index in [1.165, 1.54) is 11.6 Å². The summed E-state index contributed by atoms with van der Waals surface area (Å²) in [7, 11) is 4.81. The minimum Gasteiger partial charge on any atom is -0.497 e. The van der Waals surface area contributed by atoms with Crippen molar-refractivity contribution in [3.63, 3.8) is 0 Å². The van der Waals surface area contributed by atoms with Crippen molar-refractivity contribution in [1.29, 1.82) is 0 Å². The van der Waals surface area contributed by atoms with Crippen molar-refractivity contribution in [1.82, 2.24) is 13.7 Å². The molecule has 0 unspecified atom stereocenters. The Labute approximate surface area is 189 Å². The third kappa shape index (κ3) is 3.00. The van der Waals surface area contributed by atoms with Gasteiger partial charge < -0.3 is 14.0 Å². The highest BCUT2D eigenvalue weighted by Crippen LogP contribution is 2.40. The third-order valence-corrected chi connectivity index (χ3v) is 6.34. The monoisotopic (exact) mass is 451 g/mol. The van der Waals surface area contributed by atoms with Gasteiger partial charge in [0.2, 0.25) is 0 Å². The van der Waals surface area contributed by atoms with Gasteiger partial charge in [-0.1, -0.05) is 23.7 Å². The number of ether oxygens (including phenoxy) is 2. The van der Waals surface area contributed by atoms with E-state index in [0.29, 0.717) is 29.1 Å². The molecular formula is C24H22ClN3O4. The summed E-state index contributed by atoms with van der Waals surface area (Å²) in [5.41, 5.74) is 3.22. The van der Waals surface area contributed by atoms with Crippen molar-refractivity contribution in [3.8, 4) is 17.0 Å². The smallest absolute Gasteiger partial charge is 0.331 e. The lowest BCUT2D eigenvalue weighted by Gasteiger charge is -2.27. The van der Waals surface area contributed by atoms with Crippen LogP contribution < -0.4 is 16.0 Å². The highest BCUT2D eigenvalue weighted by Gasteiger charge is 2.33. The average molecular weight is 452 g/mol. The lowest BCUT2D eigenvalue weighted by molar-refractivity contribution is 0.0478. The van der Waals surface area contributed by atoms with Gasteiger partial charge in [-0.15, -0.1) is 0 Å². The van der Waals surface area contributed by atoms with Crippen LogP contribution in [0.5, 0.6) is 5.75 Å². The fourth-order valence-electron chi connectivity index (χ4n) is 4.52. The maximum absolute atomic E-state index is 13.4. The van der Waals surface area contributed by atoms with Crippen molar-refractivity contribution in [2.24, 2.45) is 14.1 Å². The zero-order valence-electron chi connectivity index (χ0n) is 18.0. The predicted molar refractivity (Wildman–Crippen MR) is 124 cm³/mol. The van der Waals surface area contributed by atoms with Crippen LogP contribution in [0.25, 0.3) is 22.2 Å². The van der Waals surface area contributed by atoms with Gasteiger partial charge in [0.05, 0.1) is 36.0 Å². The summed E-state index contributed by atoms with van der Waals surface area (Å²) in [6.45, 7) is 1.03. The van der Waals surface area contributed by atoms with Crippen LogP contribution in [0.2, 0.25) is 5.02 Å². The third-order valence-electron chi connectivity index (χ3n) is 6.09. The van der Waals surface area contributed by atoms with Gasteiger partial charge in [0.1, 0.15) is 11.9 Å². The second-order valence-corrected chi connectivity index (χ2v) is 8.28. The van der Waals surface area contributed by atoms with Crippen LogP contribution >= 0.6 is 11.6 Å². The number of rotatable bonds is 3. The zero-order chi connectivity index (χ0) is 22.6. The molecule has 2 aromatic carbocycles. The molecule has 32 heavy (non-hydrogen) atoms. The quantitative estimate of drug-likeness (QED) is 0.478. The molecule has 2 aromatic heterocycles. The largest absolute Gasteiger partial charge is 0.497 e. The second kappa shape index (κ2) is 7.69. The molecule has 0 aliphatic carbocycles. The van der Waals surface area contributed by atoms with Crippen LogP contribution in [0.4, 0.5) is 0 Å². The van der Waals surface area contributed by atoms with Crippen LogP contribution in [0.1, 0.15) is 17.4 Å². The van der Waals surface area contributed by atoms with Crippen molar-refractivity contribution in [2.75, 3.05) is 13.7 Å². The molecule has 1 atom stereocenters. The molecule has 0 amide bonds. The molecule has 4 aromatic rings. The fraction of sp³-hybridized carbons (Fsp3) is 0.250. The summed E-state index contributed by atoms with van der Waals surface area (Å²) in [5.74, 6) is 0.728. The first-order valence-electron chi connectivity index (χ1n) is 10.3. The van der Waals surface area contributed by atoms with E-state index in [-0.39, 0.29) is 11.2 Å². The number of aromatic nitrogens is 3. The van der Waals surface area contributed by atoms with Crippen molar-refractivity contribution in [2.45, 2.75) is 12.6 Å². The summed E-state index contributed by atoms with van der Waals surface area (Å²) in [6, 6.07) is 15.0. The first-order chi connectivity index (χ1) is 15.4. The Morgan fingerprint density at radius 1 is 1.00 bits per heavy atom. The normalized spacial score (nSPS) is 15.7. The van der Waals surface area contributed by atoms with E-state index < -0.39 is 6.10 Å². The van der Waals surface area contributed by atoms with Gasteiger partial charge in [-0.3, -0.25) is 13.9 Å². The molecule has 0 N–H and O–H groups in total. The Balaban J connectivity index is 1.90. The second-order valence-electron chi connectivity index (χ2n) is 7.85. The van der Waals surface area contributed by atoms with Crippen LogP contribution in [0, 0.1) is 0 Å². The van der Waals surface area contributed by atoms with Gasteiger partial charge in [0.25, 0.3) is 5.56 Å². The maximum Gasteiger partial charge on any atom is 0.331 e. The number of aryl methyl sites for hydroxylation is 1. The molecule has 1 aliphatic heterocycles. The lowest BCUT2D eigenvalue weighted by atomic mass is 10.0. The predicted octanol–water partition coefficient (Wildman–Crippen LogP) is 3.49. The zero-order valence-corrected chi connectivity index (χ0v) is 18.7. The van der Waals surface area contributed by atoms with Gasteiger partial charge in [0, 0.05) is 25.7 Å². The van der Waals surface area contributed by atoms with Crippen molar-refractivity contribution in [3.05, 3.63) is 85.6 Å². The van der Waals surface area contributed by atoms with E-state index in [9.17, 15) is 9.59 Å². The summed E-state index contributed by atoms with van der Waals surface area (Å²) < 4.78 is 16.3. The summed E-state index contributed by atoms with van der Waals surface area (Å²) in [4.78, 5) is 26.2. The molecule has 1 aliphatic rings. The number of fused-ring (bicyclic) bond motifs is 3. The van der Waals surface area contributed by atoms with Crippen LogP contribution in [-0.2, 0) is 25.4 Å². The van der Waals surface area contributed by atoms with E-state index in [4.69, 9.17) is 21.1 Å². The fourth-order valence-corrected chi connectivity index (χ4v) is 4.65. The SMILES string of the molecule is COc1ccc(-c2c3c(=O)n(C)c(=O)n(C)c3c3n2CCO[C@H]3c2ccc(Cl)cc2)cc1. The lowest BCUT2D eigenvalue weighted by Crippen LogP contribution is -2.37. The molecule has 8 heteroatoms. The van der Waals surface area contributed by atoms with E-state index in [2.05, 4.69) is 4.57 Å². The molecule has 5 rings (SSSR count). The Hall–Kier alpha value is -3.29. The van der Waals surface area contributed by atoms with Gasteiger partial charge >= 0.3 is 5.69 Å². The van der Waals surface area contributed by atoms with E-state index in [1.54, 1.807) is 14.2 Å². The van der Waals surface area contributed by atoms with Gasteiger partial charge in [0.15, 0.2) is 0 Å². The number of nitrogens with zero attached hydrogens (tertiary/aromatic N) is 3.